The second-order valence-corrected chi connectivity index (χ2v) is 4.91. The molecule has 1 aromatic rings. The third kappa shape index (κ3) is 7.44. The number of hydrogen-bond acceptors (Lipinski definition) is 7. The van der Waals surface area contributed by atoms with Crippen LogP contribution < -0.4 is 15.4 Å². The number of nitrogens with one attached hydrogen (secondary N) is 2. The van der Waals surface area contributed by atoms with Crippen LogP contribution in [0.15, 0.2) is 30.2 Å². The summed E-state index contributed by atoms with van der Waals surface area (Å²) in [6.07, 6.45) is 1.60. The van der Waals surface area contributed by atoms with Gasteiger partial charge in [-0.25, -0.2) is 4.98 Å². The monoisotopic (exact) mass is 309 g/mol. The summed E-state index contributed by atoms with van der Waals surface area (Å²) in [5.41, 5.74) is 0.951. The van der Waals surface area contributed by atoms with Gasteiger partial charge in [-0.2, -0.15) is 0 Å². The molecule has 2 N–H and O–H groups in total. The minimum atomic E-state index is -0.504. The number of aromatic nitrogens is 1. The molecule has 122 valence electrons. The van der Waals surface area contributed by atoms with E-state index in [-0.39, 0.29) is 0 Å². The van der Waals surface area contributed by atoms with Crippen molar-refractivity contribution in [3.05, 3.63) is 46.0 Å². The number of pyridine rings is 1. The molecule has 0 aromatic carbocycles. The van der Waals surface area contributed by atoms with Gasteiger partial charge in [-0.15, -0.1) is 0 Å². The average molecular weight is 309 g/mol. The molecule has 0 unspecified atom stereocenters. The molecule has 0 fully saturated rings. The maximum absolute atomic E-state index is 10.4. The van der Waals surface area contributed by atoms with E-state index in [9.17, 15) is 10.1 Å². The van der Waals surface area contributed by atoms with Crippen molar-refractivity contribution in [2.45, 2.75) is 13.0 Å². The molecule has 1 aromatic heterocycles. The van der Waals surface area contributed by atoms with Gasteiger partial charge in [-0.3, -0.25) is 10.1 Å². The maximum Gasteiger partial charge on any atom is 0.274 e. The van der Waals surface area contributed by atoms with Gasteiger partial charge in [0.1, 0.15) is 0 Å². The highest BCUT2D eigenvalue weighted by Gasteiger charge is 2.01. The molecule has 22 heavy (non-hydrogen) atoms. The van der Waals surface area contributed by atoms with E-state index in [1.807, 2.05) is 37.2 Å². The van der Waals surface area contributed by atoms with Crippen LogP contribution in [-0.2, 0) is 6.54 Å². The van der Waals surface area contributed by atoms with E-state index in [1.54, 1.807) is 7.05 Å². The van der Waals surface area contributed by atoms with Crippen molar-refractivity contribution in [2.24, 2.45) is 0 Å². The van der Waals surface area contributed by atoms with Gasteiger partial charge in [-0.05, 0) is 26.6 Å². The highest BCUT2D eigenvalue weighted by Crippen LogP contribution is 2.08. The Labute approximate surface area is 130 Å². The first kappa shape index (κ1) is 17.7. The van der Waals surface area contributed by atoms with Gasteiger partial charge in [0.2, 0.25) is 5.88 Å². The van der Waals surface area contributed by atoms with Gasteiger partial charge in [0.15, 0.2) is 5.82 Å². The molecule has 0 aliphatic carbocycles. The van der Waals surface area contributed by atoms with Crippen molar-refractivity contribution in [3.8, 4) is 5.88 Å². The predicted molar refractivity (Wildman–Crippen MR) is 83.9 cm³/mol. The second kappa shape index (κ2) is 9.56. The van der Waals surface area contributed by atoms with Crippen LogP contribution in [-0.4, -0.2) is 49.1 Å². The van der Waals surface area contributed by atoms with E-state index in [0.29, 0.717) is 31.3 Å². The summed E-state index contributed by atoms with van der Waals surface area (Å²) < 4.78 is 5.58. The zero-order valence-electron chi connectivity index (χ0n) is 13.2. The number of nitro groups is 1. The molecule has 0 atom stereocenters. The Morgan fingerprint density at radius 3 is 2.91 bits per heavy atom. The molecule has 0 aliphatic heterocycles. The van der Waals surface area contributed by atoms with Crippen molar-refractivity contribution in [2.75, 3.05) is 34.3 Å². The fourth-order valence-electron chi connectivity index (χ4n) is 1.73. The third-order valence-electron chi connectivity index (χ3n) is 2.65. The topological polar surface area (TPSA) is 92.6 Å². The SMILES string of the molecule is CNC(=C[N+](=O)[O-])NCCCOc1cccc(CN(C)C)n1. The van der Waals surface area contributed by atoms with E-state index in [2.05, 4.69) is 15.6 Å². The van der Waals surface area contributed by atoms with E-state index >= 15 is 0 Å². The highest BCUT2D eigenvalue weighted by atomic mass is 16.6. The molecule has 0 radical (unpaired) electrons. The average Bonchev–Trinajstić information content (AvgIpc) is 2.45. The molecule has 8 heteroatoms. The van der Waals surface area contributed by atoms with Crippen LogP contribution in [0, 0.1) is 10.1 Å². The molecule has 0 amide bonds. The number of nitrogens with zero attached hydrogens (tertiary/aromatic N) is 3. The smallest absolute Gasteiger partial charge is 0.274 e. The van der Waals surface area contributed by atoms with Gasteiger partial charge < -0.3 is 20.3 Å². The summed E-state index contributed by atoms with van der Waals surface area (Å²) in [6, 6.07) is 5.69. The molecule has 8 nitrogen and oxygen atoms in total. The van der Waals surface area contributed by atoms with Gasteiger partial charge in [0.25, 0.3) is 6.20 Å². The quantitative estimate of drug-likeness (QED) is 0.375. The van der Waals surface area contributed by atoms with Crippen LogP contribution >= 0.6 is 0 Å². The number of hydrogen-bond donors (Lipinski definition) is 2. The van der Waals surface area contributed by atoms with Crippen LogP contribution in [0.4, 0.5) is 0 Å². The maximum atomic E-state index is 10.4. The van der Waals surface area contributed by atoms with Crippen molar-refractivity contribution in [1.29, 1.82) is 0 Å². The van der Waals surface area contributed by atoms with Crippen LogP contribution in [0.2, 0.25) is 0 Å². The molecular formula is C14H23N5O3. The lowest BCUT2D eigenvalue weighted by atomic mass is 10.3. The fraction of sp³-hybridized carbons (Fsp3) is 0.500. The van der Waals surface area contributed by atoms with Gasteiger partial charge in [0, 0.05) is 26.2 Å². The lowest BCUT2D eigenvalue weighted by Crippen LogP contribution is -2.26. The standard InChI is InChI=1S/C14H23N5O3/c1-15-13(11-19(20)21)16-8-5-9-22-14-7-4-6-12(17-14)10-18(2)3/h4,6-7,11,15-16H,5,8-10H2,1-3H3. The molecule has 0 spiro atoms. The minimum absolute atomic E-state index is 0.371. The lowest BCUT2D eigenvalue weighted by Gasteiger charge is -2.11. The summed E-state index contributed by atoms with van der Waals surface area (Å²) in [6.45, 7) is 1.81. The Morgan fingerprint density at radius 1 is 1.50 bits per heavy atom. The zero-order valence-corrected chi connectivity index (χ0v) is 13.2. The van der Waals surface area contributed by atoms with Crippen molar-refractivity contribution < 1.29 is 9.66 Å². The lowest BCUT2D eigenvalue weighted by molar-refractivity contribution is -0.404. The van der Waals surface area contributed by atoms with Crippen LogP contribution in [0.5, 0.6) is 5.88 Å². The fourth-order valence-corrected chi connectivity index (χ4v) is 1.73. The van der Waals surface area contributed by atoms with Crippen molar-refractivity contribution in [3.63, 3.8) is 0 Å². The number of rotatable bonds is 10. The Bertz CT molecular complexity index is 505. The minimum Gasteiger partial charge on any atom is -0.478 e. The van der Waals surface area contributed by atoms with Gasteiger partial charge in [-0.1, -0.05) is 6.07 Å². The van der Waals surface area contributed by atoms with Gasteiger partial charge in [0.05, 0.1) is 17.2 Å². The normalized spacial score (nSPS) is 11.4. The molecular weight excluding hydrogens is 286 g/mol. The summed E-state index contributed by atoms with van der Waals surface area (Å²) in [4.78, 5) is 16.3. The Balaban J connectivity index is 2.31. The van der Waals surface area contributed by atoms with E-state index in [1.165, 1.54) is 0 Å². The predicted octanol–water partition coefficient (Wildman–Crippen LogP) is 0.797. The van der Waals surface area contributed by atoms with Crippen molar-refractivity contribution >= 4 is 0 Å². The zero-order chi connectivity index (χ0) is 16.4. The first-order valence-electron chi connectivity index (χ1n) is 7.01. The summed E-state index contributed by atoms with van der Waals surface area (Å²) in [7, 11) is 5.59. The molecule has 1 rings (SSSR count). The van der Waals surface area contributed by atoms with Crippen LogP contribution in [0.1, 0.15) is 12.1 Å². The largest absolute Gasteiger partial charge is 0.478 e. The molecule has 0 aliphatic rings. The molecule has 1 heterocycles. The Hall–Kier alpha value is -2.35. The first-order chi connectivity index (χ1) is 10.5. The van der Waals surface area contributed by atoms with E-state index in [0.717, 1.165) is 18.4 Å². The first-order valence-corrected chi connectivity index (χ1v) is 7.01. The van der Waals surface area contributed by atoms with E-state index in [4.69, 9.17) is 4.74 Å². The molecule has 0 saturated heterocycles. The van der Waals surface area contributed by atoms with Crippen LogP contribution in [0.3, 0.4) is 0 Å². The third-order valence-corrected chi connectivity index (χ3v) is 2.65. The Kier molecular flexibility index (Phi) is 7.69. The molecule has 0 saturated carbocycles. The summed E-state index contributed by atoms with van der Waals surface area (Å²) in [5, 5.41) is 16.0. The summed E-state index contributed by atoms with van der Waals surface area (Å²) >= 11 is 0. The van der Waals surface area contributed by atoms with Crippen LogP contribution in [0.25, 0.3) is 0 Å². The summed E-state index contributed by atoms with van der Waals surface area (Å²) in [5.74, 6) is 0.963. The van der Waals surface area contributed by atoms with Gasteiger partial charge >= 0.3 is 0 Å². The molecule has 0 bridgehead atoms. The van der Waals surface area contributed by atoms with Crippen molar-refractivity contribution in [1.82, 2.24) is 20.5 Å². The second-order valence-electron chi connectivity index (χ2n) is 4.91. The van der Waals surface area contributed by atoms with E-state index < -0.39 is 4.92 Å². The number of ether oxygens (including phenoxy) is 1. The highest BCUT2D eigenvalue weighted by molar-refractivity contribution is 5.15. The Morgan fingerprint density at radius 2 is 2.27 bits per heavy atom.